The van der Waals surface area contributed by atoms with Gasteiger partial charge in [0.05, 0.1) is 11.8 Å². The molecule has 0 saturated carbocycles. The predicted octanol–water partition coefficient (Wildman–Crippen LogP) is 1.79. The molecule has 0 atom stereocenters. The molecule has 0 aromatic carbocycles. The zero-order valence-corrected chi connectivity index (χ0v) is 13.1. The number of thioether (sulfide) groups is 1. The van der Waals surface area contributed by atoms with Crippen LogP contribution in [0.1, 0.15) is 18.9 Å². The lowest BCUT2D eigenvalue weighted by molar-refractivity contribution is 0.193. The highest BCUT2D eigenvalue weighted by atomic mass is 32.2. The van der Waals surface area contributed by atoms with Gasteiger partial charge in [-0.2, -0.15) is 11.8 Å². The van der Waals surface area contributed by atoms with Crippen LogP contribution in [0, 0.1) is 0 Å². The minimum Gasteiger partial charge on any atom is -0.302 e. The summed E-state index contributed by atoms with van der Waals surface area (Å²) in [5.74, 6) is 1.17. The van der Waals surface area contributed by atoms with Crippen molar-refractivity contribution in [3.05, 3.63) is 35.0 Å². The van der Waals surface area contributed by atoms with Gasteiger partial charge in [-0.1, -0.05) is 0 Å². The van der Waals surface area contributed by atoms with Crippen LogP contribution in [-0.4, -0.2) is 51.1 Å². The van der Waals surface area contributed by atoms with Gasteiger partial charge in [-0.3, -0.25) is 9.36 Å². The summed E-state index contributed by atoms with van der Waals surface area (Å²) < 4.78 is 1.78. The summed E-state index contributed by atoms with van der Waals surface area (Å²) in [7, 11) is 0. The summed E-state index contributed by atoms with van der Waals surface area (Å²) in [5.41, 5.74) is 1.14. The van der Waals surface area contributed by atoms with E-state index in [1.807, 2.05) is 23.9 Å². The van der Waals surface area contributed by atoms with Crippen molar-refractivity contribution in [3.8, 4) is 0 Å². The Labute approximate surface area is 128 Å². The van der Waals surface area contributed by atoms with Crippen LogP contribution in [0.15, 0.2) is 29.5 Å². The van der Waals surface area contributed by atoms with E-state index in [0.717, 1.165) is 32.5 Å². The first-order chi connectivity index (χ1) is 10.3. The van der Waals surface area contributed by atoms with Crippen LogP contribution < -0.4 is 5.56 Å². The third-order valence-corrected chi connectivity index (χ3v) is 4.70. The Morgan fingerprint density at radius 3 is 2.90 bits per heavy atom. The van der Waals surface area contributed by atoms with Gasteiger partial charge in [0.1, 0.15) is 0 Å². The van der Waals surface area contributed by atoms with Gasteiger partial charge in [-0.25, -0.2) is 9.97 Å². The van der Waals surface area contributed by atoms with Crippen LogP contribution in [-0.2, 0) is 0 Å². The molecule has 21 heavy (non-hydrogen) atoms. The van der Waals surface area contributed by atoms with Crippen LogP contribution in [0.2, 0.25) is 0 Å². The largest absolute Gasteiger partial charge is 0.302 e. The molecule has 3 rings (SSSR count). The number of likely N-dealkylation sites (tertiary alicyclic amines) is 1. The highest BCUT2D eigenvalue weighted by Gasteiger charge is 2.21. The molecule has 0 amide bonds. The quantitative estimate of drug-likeness (QED) is 0.862. The number of nitrogens with zero attached hydrogens (tertiary/aromatic N) is 4. The molecule has 2 aromatic heterocycles. The first-order valence-electron chi connectivity index (χ1n) is 7.33. The van der Waals surface area contributed by atoms with E-state index in [9.17, 15) is 4.79 Å². The molecule has 0 unspecified atom stereocenters. The second-order valence-electron chi connectivity index (χ2n) is 5.39. The zero-order valence-electron chi connectivity index (χ0n) is 12.2. The summed E-state index contributed by atoms with van der Waals surface area (Å²) in [5, 5.41) is 0. The molecule has 0 N–H and O–H groups in total. The lowest BCUT2D eigenvalue weighted by atomic mass is 10.0. The van der Waals surface area contributed by atoms with Crippen molar-refractivity contribution < 1.29 is 0 Å². The van der Waals surface area contributed by atoms with Crippen molar-refractivity contribution in [1.82, 2.24) is 19.4 Å². The molecule has 2 aromatic rings. The molecule has 3 heterocycles. The van der Waals surface area contributed by atoms with Gasteiger partial charge < -0.3 is 4.90 Å². The van der Waals surface area contributed by atoms with E-state index in [1.54, 1.807) is 17.1 Å². The van der Waals surface area contributed by atoms with E-state index in [0.29, 0.717) is 11.0 Å². The number of fused-ring (bicyclic) bond motifs is 1. The normalized spacial score (nSPS) is 17.4. The van der Waals surface area contributed by atoms with Gasteiger partial charge >= 0.3 is 0 Å². The molecular weight excluding hydrogens is 284 g/mol. The van der Waals surface area contributed by atoms with Crippen molar-refractivity contribution in [2.24, 2.45) is 0 Å². The average Bonchev–Trinajstić information content (AvgIpc) is 2.54. The molecule has 1 aliphatic heterocycles. The average molecular weight is 304 g/mol. The Morgan fingerprint density at radius 2 is 2.14 bits per heavy atom. The fourth-order valence-electron chi connectivity index (χ4n) is 2.87. The number of pyridine rings is 1. The van der Waals surface area contributed by atoms with E-state index in [-0.39, 0.29) is 11.6 Å². The summed E-state index contributed by atoms with van der Waals surface area (Å²) in [6.07, 6.45) is 7.50. The summed E-state index contributed by atoms with van der Waals surface area (Å²) in [6, 6.07) is 3.89. The fourth-order valence-corrected chi connectivity index (χ4v) is 3.31. The molecule has 0 bridgehead atoms. The first-order valence-corrected chi connectivity index (χ1v) is 8.72. The van der Waals surface area contributed by atoms with Crippen LogP contribution in [0.25, 0.3) is 11.0 Å². The number of hydrogen-bond acceptors (Lipinski definition) is 5. The van der Waals surface area contributed by atoms with Gasteiger partial charge in [0.2, 0.25) is 0 Å². The maximum absolute atomic E-state index is 12.5. The van der Waals surface area contributed by atoms with Gasteiger partial charge in [0.15, 0.2) is 5.52 Å². The molecule has 1 fully saturated rings. The Balaban J connectivity index is 1.77. The maximum Gasteiger partial charge on any atom is 0.280 e. The van der Waals surface area contributed by atoms with Gasteiger partial charge in [-0.15, -0.1) is 0 Å². The highest BCUT2D eigenvalue weighted by molar-refractivity contribution is 7.98. The minimum absolute atomic E-state index is 0.0110. The van der Waals surface area contributed by atoms with Crippen LogP contribution in [0.5, 0.6) is 0 Å². The number of hydrogen-bond donors (Lipinski definition) is 0. The van der Waals surface area contributed by atoms with Gasteiger partial charge in [0, 0.05) is 37.6 Å². The Morgan fingerprint density at radius 1 is 1.33 bits per heavy atom. The number of rotatable bonds is 4. The lowest BCUT2D eigenvalue weighted by Gasteiger charge is -2.32. The smallest absolute Gasteiger partial charge is 0.280 e. The molecule has 5 nitrogen and oxygen atoms in total. The second-order valence-corrected chi connectivity index (χ2v) is 6.38. The Hall–Kier alpha value is -1.40. The molecule has 1 aliphatic rings. The Bertz CT molecular complexity index is 664. The van der Waals surface area contributed by atoms with Crippen molar-refractivity contribution in [2.75, 3.05) is 31.6 Å². The van der Waals surface area contributed by atoms with Crippen LogP contribution in [0.4, 0.5) is 0 Å². The van der Waals surface area contributed by atoms with E-state index in [2.05, 4.69) is 21.1 Å². The SMILES string of the molecule is CSCCN1CCC(n2cnc3cccnc3c2=O)CC1. The topological polar surface area (TPSA) is 51.0 Å². The van der Waals surface area contributed by atoms with Gasteiger partial charge in [-0.05, 0) is 31.2 Å². The summed E-state index contributed by atoms with van der Waals surface area (Å²) in [4.78, 5) is 23.6. The molecule has 0 spiro atoms. The van der Waals surface area contributed by atoms with Crippen molar-refractivity contribution in [3.63, 3.8) is 0 Å². The second kappa shape index (κ2) is 6.58. The molecule has 112 valence electrons. The van der Waals surface area contributed by atoms with Crippen LogP contribution in [0.3, 0.4) is 0 Å². The maximum atomic E-state index is 12.5. The lowest BCUT2D eigenvalue weighted by Crippen LogP contribution is -2.38. The molecule has 0 aliphatic carbocycles. The third kappa shape index (κ3) is 3.11. The summed E-state index contributed by atoms with van der Waals surface area (Å²) >= 11 is 1.88. The minimum atomic E-state index is -0.0110. The van der Waals surface area contributed by atoms with E-state index < -0.39 is 0 Å². The van der Waals surface area contributed by atoms with E-state index >= 15 is 0 Å². The van der Waals surface area contributed by atoms with Crippen LogP contribution >= 0.6 is 11.8 Å². The van der Waals surface area contributed by atoms with Crippen molar-refractivity contribution >= 4 is 22.8 Å². The molecular formula is C15H20N4OS. The zero-order chi connectivity index (χ0) is 14.7. The summed E-state index contributed by atoms with van der Waals surface area (Å²) in [6.45, 7) is 3.25. The van der Waals surface area contributed by atoms with E-state index in [4.69, 9.17) is 0 Å². The van der Waals surface area contributed by atoms with Crippen molar-refractivity contribution in [2.45, 2.75) is 18.9 Å². The number of piperidine rings is 1. The van der Waals surface area contributed by atoms with Crippen molar-refractivity contribution in [1.29, 1.82) is 0 Å². The third-order valence-electron chi connectivity index (χ3n) is 4.11. The monoisotopic (exact) mass is 304 g/mol. The predicted molar refractivity (Wildman–Crippen MR) is 86.9 cm³/mol. The number of aromatic nitrogens is 3. The van der Waals surface area contributed by atoms with E-state index in [1.165, 1.54) is 5.75 Å². The Kier molecular flexibility index (Phi) is 4.55. The standard InChI is InChI=1S/C15H20N4OS/c1-21-10-9-18-7-4-12(5-8-18)19-11-17-13-3-2-6-16-14(13)15(19)20/h2-3,6,11-12H,4-5,7-10H2,1H3. The first kappa shape index (κ1) is 14.5. The van der Waals surface area contributed by atoms with Gasteiger partial charge in [0.25, 0.3) is 5.56 Å². The highest BCUT2D eigenvalue weighted by Crippen LogP contribution is 2.21. The fraction of sp³-hybridized carbons (Fsp3) is 0.533. The molecule has 0 radical (unpaired) electrons. The molecule has 6 heteroatoms. The molecule has 1 saturated heterocycles.